The topological polar surface area (TPSA) is 37.8 Å². The molecule has 0 bridgehead atoms. The molecule has 1 heterocycles. The Kier molecular flexibility index (Phi) is 3.96. The van der Waals surface area contributed by atoms with Crippen molar-refractivity contribution in [2.45, 2.75) is 25.8 Å². The van der Waals surface area contributed by atoms with Crippen LogP contribution in [0.5, 0.6) is 0 Å². The highest BCUT2D eigenvalue weighted by molar-refractivity contribution is 6.30. The van der Waals surface area contributed by atoms with Gasteiger partial charge in [-0.1, -0.05) is 11.6 Å². The van der Waals surface area contributed by atoms with Gasteiger partial charge in [0.25, 0.3) is 0 Å². The second kappa shape index (κ2) is 4.80. The van der Waals surface area contributed by atoms with E-state index in [1.54, 1.807) is 12.4 Å². The van der Waals surface area contributed by atoms with E-state index in [4.69, 9.17) is 23.2 Å². The molecule has 0 saturated carbocycles. The molecular formula is C9H13Cl2N3. The van der Waals surface area contributed by atoms with Crippen molar-refractivity contribution in [2.75, 3.05) is 11.2 Å². The van der Waals surface area contributed by atoms with E-state index in [0.29, 0.717) is 16.9 Å². The highest BCUT2D eigenvalue weighted by Crippen LogP contribution is 2.15. The second-order valence-corrected chi connectivity index (χ2v) is 4.49. The molecule has 0 unspecified atom stereocenters. The number of nitrogens with one attached hydrogen (secondary N) is 1. The number of hydrogen-bond acceptors (Lipinski definition) is 3. The van der Waals surface area contributed by atoms with Gasteiger partial charge in [-0.25, -0.2) is 9.97 Å². The molecule has 0 fully saturated rings. The normalized spacial score (nSPS) is 11.4. The lowest BCUT2D eigenvalue weighted by Crippen LogP contribution is -2.32. The lowest BCUT2D eigenvalue weighted by atomic mass is 10.0. The van der Waals surface area contributed by atoms with Crippen LogP contribution in [0, 0.1) is 0 Å². The minimum Gasteiger partial charge on any atom is -0.349 e. The van der Waals surface area contributed by atoms with Crippen LogP contribution >= 0.6 is 23.2 Å². The Morgan fingerprint density at radius 1 is 1.36 bits per heavy atom. The highest BCUT2D eigenvalue weighted by Gasteiger charge is 2.17. The molecule has 1 aromatic rings. The van der Waals surface area contributed by atoms with Crippen molar-refractivity contribution in [3.63, 3.8) is 0 Å². The molecule has 0 spiro atoms. The van der Waals surface area contributed by atoms with Crippen LogP contribution in [0.15, 0.2) is 12.4 Å². The number of rotatable bonds is 4. The number of anilines is 1. The minimum atomic E-state index is -0.102. The maximum absolute atomic E-state index is 5.68. The van der Waals surface area contributed by atoms with E-state index in [0.717, 1.165) is 6.42 Å². The fourth-order valence-corrected chi connectivity index (χ4v) is 1.55. The van der Waals surface area contributed by atoms with Gasteiger partial charge in [0.15, 0.2) is 0 Å². The molecular weight excluding hydrogens is 221 g/mol. The molecule has 0 amide bonds. The third kappa shape index (κ3) is 3.68. The molecule has 1 rings (SSSR count). The van der Waals surface area contributed by atoms with Gasteiger partial charge in [-0.3, -0.25) is 0 Å². The van der Waals surface area contributed by atoms with E-state index in [2.05, 4.69) is 15.3 Å². The number of nitrogens with zero attached hydrogens (tertiary/aromatic N) is 2. The van der Waals surface area contributed by atoms with Gasteiger partial charge in [0, 0.05) is 11.4 Å². The van der Waals surface area contributed by atoms with Crippen LogP contribution in [0.25, 0.3) is 0 Å². The van der Waals surface area contributed by atoms with Crippen molar-refractivity contribution in [1.82, 2.24) is 9.97 Å². The first-order valence-electron chi connectivity index (χ1n) is 4.35. The smallest absolute Gasteiger partial charge is 0.223 e. The van der Waals surface area contributed by atoms with Crippen molar-refractivity contribution >= 4 is 29.2 Å². The summed E-state index contributed by atoms with van der Waals surface area (Å²) in [6.07, 6.45) is 3.97. The molecule has 0 atom stereocenters. The largest absolute Gasteiger partial charge is 0.349 e. The van der Waals surface area contributed by atoms with Crippen LogP contribution in [0.1, 0.15) is 20.3 Å². The maximum Gasteiger partial charge on any atom is 0.223 e. The molecule has 1 aromatic heterocycles. The fourth-order valence-electron chi connectivity index (χ4n) is 0.978. The van der Waals surface area contributed by atoms with E-state index in [9.17, 15) is 0 Å². The molecule has 0 saturated heterocycles. The lowest BCUT2D eigenvalue weighted by molar-refractivity contribution is 0.545. The molecule has 78 valence electrons. The van der Waals surface area contributed by atoms with Gasteiger partial charge in [-0.05, 0) is 20.3 Å². The van der Waals surface area contributed by atoms with Crippen LogP contribution in [0.4, 0.5) is 5.95 Å². The number of alkyl halides is 1. The van der Waals surface area contributed by atoms with Gasteiger partial charge in [0.05, 0.1) is 17.4 Å². The predicted octanol–water partition coefficient (Wildman–Crippen LogP) is 2.95. The van der Waals surface area contributed by atoms with Gasteiger partial charge in [-0.2, -0.15) is 0 Å². The zero-order valence-corrected chi connectivity index (χ0v) is 9.73. The SMILES string of the molecule is CC(C)(CCCl)Nc1ncc(Cl)cn1. The zero-order valence-electron chi connectivity index (χ0n) is 8.22. The second-order valence-electron chi connectivity index (χ2n) is 3.67. The summed E-state index contributed by atoms with van der Waals surface area (Å²) in [6.45, 7) is 4.10. The van der Waals surface area contributed by atoms with E-state index >= 15 is 0 Å². The Balaban J connectivity index is 2.64. The first-order chi connectivity index (χ1) is 6.53. The van der Waals surface area contributed by atoms with Crippen LogP contribution in [0.3, 0.4) is 0 Å². The van der Waals surface area contributed by atoms with Gasteiger partial charge in [0.2, 0.25) is 5.95 Å². The van der Waals surface area contributed by atoms with Crippen LogP contribution < -0.4 is 5.32 Å². The Morgan fingerprint density at radius 2 is 1.93 bits per heavy atom. The van der Waals surface area contributed by atoms with Gasteiger partial charge >= 0.3 is 0 Å². The number of halogens is 2. The Bertz CT molecular complexity index is 285. The standard InChI is InChI=1S/C9H13Cl2N3/c1-9(2,3-4-10)14-8-12-5-7(11)6-13-8/h5-6H,3-4H2,1-2H3,(H,12,13,14). The van der Waals surface area contributed by atoms with Crippen molar-refractivity contribution in [2.24, 2.45) is 0 Å². The third-order valence-electron chi connectivity index (χ3n) is 1.79. The quantitative estimate of drug-likeness (QED) is 0.814. The molecule has 3 nitrogen and oxygen atoms in total. The molecule has 0 aliphatic heterocycles. The predicted molar refractivity (Wildman–Crippen MR) is 60.1 cm³/mol. The van der Waals surface area contributed by atoms with Crippen molar-refractivity contribution < 1.29 is 0 Å². The van der Waals surface area contributed by atoms with E-state index < -0.39 is 0 Å². The van der Waals surface area contributed by atoms with Crippen molar-refractivity contribution in [3.05, 3.63) is 17.4 Å². The van der Waals surface area contributed by atoms with Gasteiger partial charge < -0.3 is 5.32 Å². The molecule has 0 aliphatic rings. The maximum atomic E-state index is 5.68. The van der Waals surface area contributed by atoms with E-state index in [-0.39, 0.29) is 5.54 Å². The third-order valence-corrected chi connectivity index (χ3v) is 2.17. The van der Waals surface area contributed by atoms with Gasteiger partial charge in [-0.15, -0.1) is 11.6 Å². The molecule has 14 heavy (non-hydrogen) atoms. The first-order valence-corrected chi connectivity index (χ1v) is 5.26. The summed E-state index contributed by atoms with van der Waals surface area (Å²) >= 11 is 11.3. The Morgan fingerprint density at radius 3 is 2.43 bits per heavy atom. The van der Waals surface area contributed by atoms with E-state index in [1.807, 2.05) is 13.8 Å². The summed E-state index contributed by atoms with van der Waals surface area (Å²) in [4.78, 5) is 8.10. The average molecular weight is 234 g/mol. The summed E-state index contributed by atoms with van der Waals surface area (Å²) in [5.41, 5.74) is -0.102. The minimum absolute atomic E-state index is 0.102. The average Bonchev–Trinajstić information content (AvgIpc) is 2.08. The molecule has 0 aliphatic carbocycles. The fraction of sp³-hybridized carbons (Fsp3) is 0.556. The molecule has 0 aromatic carbocycles. The molecule has 5 heteroatoms. The first kappa shape index (κ1) is 11.5. The summed E-state index contributed by atoms with van der Waals surface area (Å²) in [6, 6.07) is 0. The Labute approximate surface area is 93.9 Å². The van der Waals surface area contributed by atoms with Gasteiger partial charge in [0.1, 0.15) is 0 Å². The van der Waals surface area contributed by atoms with Crippen LogP contribution in [0.2, 0.25) is 5.02 Å². The van der Waals surface area contributed by atoms with Crippen molar-refractivity contribution in [1.29, 1.82) is 0 Å². The molecule has 1 N–H and O–H groups in total. The monoisotopic (exact) mass is 233 g/mol. The summed E-state index contributed by atoms with van der Waals surface area (Å²) in [5.74, 6) is 1.18. The zero-order chi connectivity index (χ0) is 10.6. The van der Waals surface area contributed by atoms with E-state index in [1.165, 1.54) is 0 Å². The number of hydrogen-bond donors (Lipinski definition) is 1. The van der Waals surface area contributed by atoms with Crippen LogP contribution in [-0.4, -0.2) is 21.4 Å². The van der Waals surface area contributed by atoms with Crippen molar-refractivity contribution in [3.8, 4) is 0 Å². The van der Waals surface area contributed by atoms with Crippen LogP contribution in [-0.2, 0) is 0 Å². The Hall–Kier alpha value is -0.540. The summed E-state index contributed by atoms with van der Waals surface area (Å²) in [7, 11) is 0. The highest BCUT2D eigenvalue weighted by atomic mass is 35.5. The summed E-state index contributed by atoms with van der Waals surface area (Å²) in [5, 5.41) is 3.71. The lowest BCUT2D eigenvalue weighted by Gasteiger charge is -2.24. The molecule has 0 radical (unpaired) electrons. The summed E-state index contributed by atoms with van der Waals surface area (Å²) < 4.78 is 0. The number of aromatic nitrogens is 2.